The molecule has 0 bridgehead atoms. The SMILES string of the molecule is COCOc1cc(C(C)CCC=C(C)C)c(OCOC)cc1C. The van der Waals surface area contributed by atoms with Crippen LogP contribution in [0.2, 0.25) is 0 Å². The monoisotopic (exact) mass is 322 g/mol. The fourth-order valence-corrected chi connectivity index (χ4v) is 2.37. The van der Waals surface area contributed by atoms with Crippen LogP contribution in [0.1, 0.15) is 50.7 Å². The zero-order chi connectivity index (χ0) is 17.2. The summed E-state index contributed by atoms with van der Waals surface area (Å²) in [6, 6.07) is 4.07. The molecular formula is C19H30O4. The van der Waals surface area contributed by atoms with E-state index in [9.17, 15) is 0 Å². The average molecular weight is 322 g/mol. The molecule has 0 saturated carbocycles. The standard InChI is InChI=1S/C19H30O4/c1-14(2)8-7-9-15(3)17-11-18(22-12-20-5)16(4)10-19(17)23-13-21-6/h8,10-11,15H,7,9,12-13H2,1-6H3. The van der Waals surface area contributed by atoms with Crippen LogP contribution < -0.4 is 9.47 Å². The minimum Gasteiger partial charge on any atom is -0.467 e. The minimum absolute atomic E-state index is 0.241. The number of allylic oxidation sites excluding steroid dienone is 2. The van der Waals surface area contributed by atoms with E-state index in [-0.39, 0.29) is 13.6 Å². The van der Waals surface area contributed by atoms with E-state index in [1.54, 1.807) is 14.2 Å². The van der Waals surface area contributed by atoms with Crippen LogP contribution in [0.25, 0.3) is 0 Å². The van der Waals surface area contributed by atoms with Crippen molar-refractivity contribution in [2.75, 3.05) is 27.8 Å². The Bertz CT molecular complexity index is 504. The summed E-state index contributed by atoms with van der Waals surface area (Å²) in [7, 11) is 3.25. The molecule has 0 amide bonds. The van der Waals surface area contributed by atoms with Crippen LogP contribution in [-0.4, -0.2) is 27.8 Å². The van der Waals surface area contributed by atoms with Crippen molar-refractivity contribution in [3.8, 4) is 11.5 Å². The van der Waals surface area contributed by atoms with Gasteiger partial charge < -0.3 is 18.9 Å². The normalized spacial score (nSPS) is 11.9. The van der Waals surface area contributed by atoms with Gasteiger partial charge in [-0.05, 0) is 57.2 Å². The van der Waals surface area contributed by atoms with E-state index in [1.165, 1.54) is 5.57 Å². The first-order chi connectivity index (χ1) is 11.0. The number of hydrogen-bond acceptors (Lipinski definition) is 4. The highest BCUT2D eigenvalue weighted by Crippen LogP contribution is 2.35. The van der Waals surface area contributed by atoms with Gasteiger partial charge in [-0.25, -0.2) is 0 Å². The molecule has 4 nitrogen and oxygen atoms in total. The minimum atomic E-state index is 0.241. The van der Waals surface area contributed by atoms with Crippen molar-refractivity contribution >= 4 is 0 Å². The summed E-state index contributed by atoms with van der Waals surface area (Å²) in [6.45, 7) is 8.95. The van der Waals surface area contributed by atoms with Gasteiger partial charge in [0.15, 0.2) is 13.6 Å². The van der Waals surface area contributed by atoms with E-state index >= 15 is 0 Å². The average Bonchev–Trinajstić information content (AvgIpc) is 2.51. The molecule has 0 heterocycles. The summed E-state index contributed by atoms with van der Waals surface area (Å²) in [5, 5.41) is 0. The molecule has 0 aliphatic heterocycles. The smallest absolute Gasteiger partial charge is 0.188 e. The van der Waals surface area contributed by atoms with Gasteiger partial charge in [0.25, 0.3) is 0 Å². The van der Waals surface area contributed by atoms with E-state index in [4.69, 9.17) is 18.9 Å². The molecule has 1 atom stereocenters. The Balaban J connectivity index is 2.99. The molecule has 0 N–H and O–H groups in total. The number of hydrogen-bond donors (Lipinski definition) is 0. The Morgan fingerprint density at radius 2 is 1.65 bits per heavy atom. The van der Waals surface area contributed by atoms with E-state index < -0.39 is 0 Å². The Labute approximate surface area is 140 Å². The fourth-order valence-electron chi connectivity index (χ4n) is 2.37. The molecule has 0 saturated heterocycles. The van der Waals surface area contributed by atoms with E-state index in [1.807, 2.05) is 13.0 Å². The Hall–Kier alpha value is -1.52. The second-order valence-corrected chi connectivity index (χ2v) is 6.02. The van der Waals surface area contributed by atoms with Crippen LogP contribution in [0.4, 0.5) is 0 Å². The van der Waals surface area contributed by atoms with Crippen LogP contribution in [-0.2, 0) is 9.47 Å². The van der Waals surface area contributed by atoms with Crippen LogP contribution in [0.3, 0.4) is 0 Å². The second-order valence-electron chi connectivity index (χ2n) is 6.02. The molecule has 1 unspecified atom stereocenters. The Morgan fingerprint density at radius 3 is 2.22 bits per heavy atom. The third-order valence-corrected chi connectivity index (χ3v) is 3.66. The van der Waals surface area contributed by atoms with Crippen molar-refractivity contribution in [1.29, 1.82) is 0 Å². The predicted molar refractivity (Wildman–Crippen MR) is 93.3 cm³/mol. The van der Waals surface area contributed by atoms with Gasteiger partial charge in [-0.15, -0.1) is 0 Å². The first-order valence-corrected chi connectivity index (χ1v) is 8.01. The quantitative estimate of drug-likeness (QED) is 0.457. The van der Waals surface area contributed by atoms with Crippen molar-refractivity contribution in [2.24, 2.45) is 0 Å². The summed E-state index contributed by atoms with van der Waals surface area (Å²) in [4.78, 5) is 0. The lowest BCUT2D eigenvalue weighted by atomic mass is 9.93. The maximum absolute atomic E-state index is 5.75. The largest absolute Gasteiger partial charge is 0.467 e. The molecule has 0 aromatic heterocycles. The summed E-state index contributed by atoms with van der Waals surface area (Å²) >= 11 is 0. The van der Waals surface area contributed by atoms with Crippen molar-refractivity contribution in [1.82, 2.24) is 0 Å². The van der Waals surface area contributed by atoms with Crippen LogP contribution in [0, 0.1) is 6.92 Å². The van der Waals surface area contributed by atoms with E-state index in [2.05, 4.69) is 32.9 Å². The van der Waals surface area contributed by atoms with Gasteiger partial charge in [-0.1, -0.05) is 18.6 Å². The lowest BCUT2D eigenvalue weighted by Gasteiger charge is -2.19. The van der Waals surface area contributed by atoms with Gasteiger partial charge in [0, 0.05) is 19.8 Å². The third kappa shape index (κ3) is 6.63. The summed E-state index contributed by atoms with van der Waals surface area (Å²) in [6.07, 6.45) is 4.37. The van der Waals surface area contributed by atoms with E-state index in [0.29, 0.717) is 5.92 Å². The number of ether oxygens (including phenoxy) is 4. The molecule has 0 aliphatic rings. The Morgan fingerprint density at radius 1 is 1.04 bits per heavy atom. The maximum atomic E-state index is 5.75. The van der Waals surface area contributed by atoms with Gasteiger partial charge in [0.1, 0.15) is 11.5 Å². The molecule has 0 spiro atoms. The first-order valence-electron chi connectivity index (χ1n) is 8.01. The second kappa shape index (κ2) is 10.3. The maximum Gasteiger partial charge on any atom is 0.188 e. The lowest BCUT2D eigenvalue weighted by molar-refractivity contribution is 0.0472. The molecule has 23 heavy (non-hydrogen) atoms. The summed E-state index contributed by atoms with van der Waals surface area (Å²) < 4.78 is 21.5. The molecule has 1 aromatic rings. The van der Waals surface area contributed by atoms with Crippen LogP contribution >= 0.6 is 0 Å². The Kier molecular flexibility index (Phi) is 8.74. The molecular weight excluding hydrogens is 292 g/mol. The van der Waals surface area contributed by atoms with Crippen LogP contribution in [0.5, 0.6) is 11.5 Å². The number of methoxy groups -OCH3 is 2. The number of rotatable bonds is 10. The number of aryl methyl sites for hydroxylation is 1. The zero-order valence-corrected chi connectivity index (χ0v) is 15.3. The molecule has 1 aromatic carbocycles. The van der Waals surface area contributed by atoms with Gasteiger partial charge >= 0.3 is 0 Å². The molecule has 4 heteroatoms. The lowest BCUT2D eigenvalue weighted by Crippen LogP contribution is -2.07. The van der Waals surface area contributed by atoms with Gasteiger partial charge in [-0.2, -0.15) is 0 Å². The molecule has 0 fully saturated rings. The molecule has 0 radical (unpaired) electrons. The summed E-state index contributed by atoms with van der Waals surface area (Å²) in [5.41, 5.74) is 3.51. The molecule has 0 aliphatic carbocycles. The van der Waals surface area contributed by atoms with Crippen molar-refractivity contribution in [3.63, 3.8) is 0 Å². The van der Waals surface area contributed by atoms with Crippen molar-refractivity contribution < 1.29 is 18.9 Å². The predicted octanol–water partition coefficient (Wildman–Crippen LogP) is 4.81. The van der Waals surface area contributed by atoms with Crippen LogP contribution in [0.15, 0.2) is 23.8 Å². The highest BCUT2D eigenvalue weighted by atomic mass is 16.7. The van der Waals surface area contributed by atoms with Crippen molar-refractivity contribution in [3.05, 3.63) is 34.9 Å². The van der Waals surface area contributed by atoms with Gasteiger partial charge in [0.05, 0.1) is 0 Å². The zero-order valence-electron chi connectivity index (χ0n) is 15.3. The molecule has 130 valence electrons. The highest BCUT2D eigenvalue weighted by molar-refractivity contribution is 5.47. The van der Waals surface area contributed by atoms with Crippen molar-refractivity contribution in [2.45, 2.75) is 46.5 Å². The topological polar surface area (TPSA) is 36.9 Å². The van der Waals surface area contributed by atoms with Gasteiger partial charge in [-0.3, -0.25) is 0 Å². The summed E-state index contributed by atoms with van der Waals surface area (Å²) in [5.74, 6) is 2.06. The number of benzene rings is 1. The first kappa shape index (κ1) is 19.5. The third-order valence-electron chi connectivity index (χ3n) is 3.66. The van der Waals surface area contributed by atoms with Gasteiger partial charge in [0.2, 0.25) is 0 Å². The van der Waals surface area contributed by atoms with E-state index in [0.717, 1.165) is 35.5 Å². The highest BCUT2D eigenvalue weighted by Gasteiger charge is 2.15. The molecule has 1 rings (SSSR count). The fraction of sp³-hybridized carbons (Fsp3) is 0.579.